The second kappa shape index (κ2) is 6.04. The van der Waals surface area contributed by atoms with E-state index in [0.717, 1.165) is 0 Å². The van der Waals surface area contributed by atoms with Crippen LogP contribution in [0.2, 0.25) is 5.02 Å². The summed E-state index contributed by atoms with van der Waals surface area (Å²) in [5.74, 6) is 5.76. The van der Waals surface area contributed by atoms with Crippen LogP contribution in [0.3, 0.4) is 0 Å². The Balaban J connectivity index is 2.86. The van der Waals surface area contributed by atoms with Crippen LogP contribution in [-0.4, -0.2) is 20.2 Å². The van der Waals surface area contributed by atoms with Crippen LogP contribution >= 0.6 is 11.6 Å². The quantitative estimate of drug-likeness (QED) is 0.586. The first-order valence-corrected chi connectivity index (χ1v) is 4.94. The lowest BCUT2D eigenvalue weighted by Gasteiger charge is -2.02. The smallest absolute Gasteiger partial charge is 0.317 e. The molecule has 0 saturated carbocycles. The Labute approximate surface area is 99.3 Å². The van der Waals surface area contributed by atoms with Gasteiger partial charge in [0.15, 0.2) is 0 Å². The largest absolute Gasteiger partial charge is 0.495 e. The molecule has 1 aromatic carbocycles. The molecule has 4 heteroatoms. The van der Waals surface area contributed by atoms with Crippen molar-refractivity contribution >= 4 is 17.6 Å². The van der Waals surface area contributed by atoms with E-state index < -0.39 is 0 Å². The Morgan fingerprint density at radius 1 is 1.44 bits per heavy atom. The van der Waals surface area contributed by atoms with Gasteiger partial charge in [-0.3, -0.25) is 4.79 Å². The molecule has 0 aliphatic heterocycles. The van der Waals surface area contributed by atoms with Crippen LogP contribution in [0.25, 0.3) is 0 Å². The molecule has 0 amide bonds. The van der Waals surface area contributed by atoms with Gasteiger partial charge < -0.3 is 9.47 Å². The van der Waals surface area contributed by atoms with Crippen LogP contribution in [0, 0.1) is 11.8 Å². The minimum Gasteiger partial charge on any atom is -0.495 e. The molecule has 0 fully saturated rings. The zero-order chi connectivity index (χ0) is 12.0. The molecule has 0 saturated heterocycles. The summed E-state index contributed by atoms with van der Waals surface area (Å²) < 4.78 is 9.58. The number of carbonyl (C=O) groups is 1. The van der Waals surface area contributed by atoms with Crippen molar-refractivity contribution in [1.29, 1.82) is 0 Å². The molecule has 0 aromatic heterocycles. The maximum atomic E-state index is 10.8. The average molecular weight is 239 g/mol. The van der Waals surface area contributed by atoms with Gasteiger partial charge in [0.2, 0.25) is 0 Å². The van der Waals surface area contributed by atoms with Gasteiger partial charge in [0.05, 0.1) is 19.8 Å². The summed E-state index contributed by atoms with van der Waals surface area (Å²) in [6.07, 6.45) is 0.0478. The highest BCUT2D eigenvalue weighted by molar-refractivity contribution is 6.30. The van der Waals surface area contributed by atoms with Gasteiger partial charge in [0.1, 0.15) is 12.2 Å². The number of benzene rings is 1. The third kappa shape index (κ3) is 3.48. The molecule has 16 heavy (non-hydrogen) atoms. The van der Waals surface area contributed by atoms with Crippen LogP contribution in [0.4, 0.5) is 0 Å². The molecule has 0 aliphatic rings. The van der Waals surface area contributed by atoms with Crippen LogP contribution in [0.5, 0.6) is 5.75 Å². The third-order valence-electron chi connectivity index (χ3n) is 1.84. The lowest BCUT2D eigenvalue weighted by molar-refractivity contribution is -0.139. The van der Waals surface area contributed by atoms with E-state index in [1.807, 2.05) is 0 Å². The predicted octanol–water partition coefficient (Wildman–Crippen LogP) is 2.26. The Morgan fingerprint density at radius 3 is 2.81 bits per heavy atom. The van der Waals surface area contributed by atoms with Crippen molar-refractivity contribution in [1.82, 2.24) is 0 Å². The third-order valence-corrected chi connectivity index (χ3v) is 2.08. The average Bonchev–Trinajstić information content (AvgIpc) is 2.29. The summed E-state index contributed by atoms with van der Waals surface area (Å²) in [6, 6.07) is 5.13. The predicted molar refractivity (Wildman–Crippen MR) is 61.5 cm³/mol. The molecule has 0 atom stereocenters. The van der Waals surface area contributed by atoms with Crippen molar-refractivity contribution in [2.45, 2.75) is 6.42 Å². The number of esters is 1. The molecule has 0 unspecified atom stereocenters. The van der Waals surface area contributed by atoms with Gasteiger partial charge in [-0.15, -0.1) is 0 Å². The van der Waals surface area contributed by atoms with E-state index in [1.165, 1.54) is 7.11 Å². The monoisotopic (exact) mass is 238 g/mol. The molecular formula is C12H11ClO3. The number of ether oxygens (including phenoxy) is 2. The number of methoxy groups -OCH3 is 2. The molecule has 0 radical (unpaired) electrons. The van der Waals surface area contributed by atoms with Crippen LogP contribution in [-0.2, 0) is 9.53 Å². The van der Waals surface area contributed by atoms with Crippen molar-refractivity contribution in [3.05, 3.63) is 28.8 Å². The lowest BCUT2D eigenvalue weighted by Crippen LogP contribution is -1.97. The minimum absolute atomic E-state index is 0.0478. The summed E-state index contributed by atoms with van der Waals surface area (Å²) in [5.41, 5.74) is 0.652. The first kappa shape index (κ1) is 12.4. The Kier molecular flexibility index (Phi) is 4.68. The lowest BCUT2D eigenvalue weighted by atomic mass is 10.2. The van der Waals surface area contributed by atoms with Crippen molar-refractivity contribution in [3.63, 3.8) is 0 Å². The molecule has 84 valence electrons. The summed E-state index contributed by atoms with van der Waals surface area (Å²) in [4.78, 5) is 10.8. The molecule has 0 spiro atoms. The molecule has 0 bridgehead atoms. The maximum absolute atomic E-state index is 10.8. The fraction of sp³-hybridized carbons (Fsp3) is 0.250. The Hall–Kier alpha value is -1.66. The SMILES string of the molecule is COC(=O)CC#Cc1cc(Cl)ccc1OC. The van der Waals surface area contributed by atoms with Crippen molar-refractivity contribution in [3.8, 4) is 17.6 Å². The summed E-state index contributed by atoms with van der Waals surface area (Å²) in [5, 5.41) is 0.572. The van der Waals surface area contributed by atoms with E-state index in [0.29, 0.717) is 16.3 Å². The Bertz CT molecular complexity index is 443. The zero-order valence-electron chi connectivity index (χ0n) is 9.04. The van der Waals surface area contributed by atoms with E-state index in [1.54, 1.807) is 25.3 Å². The van der Waals surface area contributed by atoms with Gasteiger partial charge in [-0.25, -0.2) is 0 Å². The number of halogens is 1. The number of hydrogen-bond acceptors (Lipinski definition) is 3. The second-order valence-corrected chi connectivity index (χ2v) is 3.34. The minimum atomic E-state index is -0.367. The molecule has 1 rings (SSSR count). The number of hydrogen-bond donors (Lipinski definition) is 0. The van der Waals surface area contributed by atoms with E-state index in [2.05, 4.69) is 16.6 Å². The molecule has 0 aliphatic carbocycles. The highest BCUT2D eigenvalue weighted by Gasteiger charge is 2.00. The fourth-order valence-corrected chi connectivity index (χ4v) is 1.23. The van der Waals surface area contributed by atoms with Gasteiger partial charge in [-0.2, -0.15) is 0 Å². The number of carbonyl (C=O) groups excluding carboxylic acids is 1. The first-order valence-electron chi connectivity index (χ1n) is 4.56. The van der Waals surface area contributed by atoms with Crippen LogP contribution in [0.15, 0.2) is 18.2 Å². The van der Waals surface area contributed by atoms with E-state index >= 15 is 0 Å². The van der Waals surface area contributed by atoms with Gasteiger partial charge >= 0.3 is 5.97 Å². The summed E-state index contributed by atoms with van der Waals surface area (Å²) >= 11 is 5.83. The van der Waals surface area contributed by atoms with Gasteiger partial charge in [0, 0.05) is 5.02 Å². The van der Waals surface area contributed by atoms with Crippen molar-refractivity contribution in [2.24, 2.45) is 0 Å². The fourth-order valence-electron chi connectivity index (χ4n) is 1.06. The van der Waals surface area contributed by atoms with E-state index in [9.17, 15) is 4.79 Å². The van der Waals surface area contributed by atoms with Gasteiger partial charge in [-0.1, -0.05) is 23.4 Å². The second-order valence-electron chi connectivity index (χ2n) is 2.90. The summed E-state index contributed by atoms with van der Waals surface area (Å²) in [6.45, 7) is 0. The zero-order valence-corrected chi connectivity index (χ0v) is 9.80. The van der Waals surface area contributed by atoms with E-state index in [4.69, 9.17) is 16.3 Å². The maximum Gasteiger partial charge on any atom is 0.317 e. The standard InChI is InChI=1S/C12H11ClO3/c1-15-11-7-6-10(13)8-9(11)4-3-5-12(14)16-2/h6-8H,5H2,1-2H3. The molecule has 3 nitrogen and oxygen atoms in total. The van der Waals surface area contributed by atoms with Crippen molar-refractivity contribution < 1.29 is 14.3 Å². The Morgan fingerprint density at radius 2 is 2.19 bits per heavy atom. The molecule has 0 heterocycles. The first-order chi connectivity index (χ1) is 7.67. The van der Waals surface area contributed by atoms with E-state index in [-0.39, 0.29) is 12.4 Å². The molecule has 1 aromatic rings. The van der Waals surface area contributed by atoms with Gasteiger partial charge in [0.25, 0.3) is 0 Å². The number of rotatable bonds is 2. The molecule has 0 N–H and O–H groups in total. The summed E-state index contributed by atoms with van der Waals surface area (Å²) in [7, 11) is 2.87. The normalized spacial score (nSPS) is 8.94. The van der Waals surface area contributed by atoms with Gasteiger partial charge in [-0.05, 0) is 18.2 Å². The highest BCUT2D eigenvalue weighted by Crippen LogP contribution is 2.21. The van der Waals surface area contributed by atoms with Crippen LogP contribution < -0.4 is 4.74 Å². The van der Waals surface area contributed by atoms with Crippen molar-refractivity contribution in [2.75, 3.05) is 14.2 Å². The molecular weight excluding hydrogens is 228 g/mol. The van der Waals surface area contributed by atoms with Crippen LogP contribution in [0.1, 0.15) is 12.0 Å². The highest BCUT2D eigenvalue weighted by atomic mass is 35.5. The topological polar surface area (TPSA) is 35.5 Å².